The summed E-state index contributed by atoms with van der Waals surface area (Å²) < 4.78 is 0. The smallest absolute Gasteiger partial charge is 0.309 e. The number of hydrogen-bond acceptors (Lipinski definition) is 2. The van der Waals surface area contributed by atoms with Gasteiger partial charge in [0.2, 0.25) is 0 Å². The summed E-state index contributed by atoms with van der Waals surface area (Å²) in [5.41, 5.74) is -0.616. The van der Waals surface area contributed by atoms with Crippen LogP contribution in [0.2, 0.25) is 0 Å². The van der Waals surface area contributed by atoms with Crippen LogP contribution in [0.25, 0.3) is 0 Å². The Bertz CT molecular complexity index is 580. The molecule has 0 aromatic carbocycles. The molecule has 2 N–H and O–H groups in total. The van der Waals surface area contributed by atoms with Crippen molar-refractivity contribution in [1.29, 1.82) is 0 Å². The summed E-state index contributed by atoms with van der Waals surface area (Å²) in [6, 6.07) is 0. The van der Waals surface area contributed by atoms with Crippen LogP contribution in [0.3, 0.4) is 0 Å². The van der Waals surface area contributed by atoms with Gasteiger partial charge in [0.15, 0.2) is 0 Å². The molecule has 0 atom stereocenters. The van der Waals surface area contributed by atoms with Gasteiger partial charge in [-0.15, -0.1) is 0 Å². The van der Waals surface area contributed by atoms with E-state index in [0.717, 1.165) is 63.2 Å². The van der Waals surface area contributed by atoms with Crippen molar-refractivity contribution in [2.24, 2.45) is 17.3 Å². The summed E-state index contributed by atoms with van der Waals surface area (Å²) >= 11 is 0. The van der Waals surface area contributed by atoms with Crippen molar-refractivity contribution in [3.05, 3.63) is 0 Å². The molecule has 250 valence electrons. The van der Waals surface area contributed by atoms with Crippen molar-refractivity contribution in [3.63, 3.8) is 0 Å². The van der Waals surface area contributed by atoms with Crippen LogP contribution in [0.15, 0.2) is 0 Å². The van der Waals surface area contributed by atoms with E-state index in [1.165, 1.54) is 116 Å². The number of carbonyl (C=O) groups is 2. The van der Waals surface area contributed by atoms with Crippen LogP contribution in [-0.2, 0) is 9.59 Å². The summed E-state index contributed by atoms with van der Waals surface area (Å²) in [5, 5.41) is 19.3. The molecule has 0 aromatic rings. The molecule has 0 heterocycles. The molecular formula is C38H74O4. The molecule has 0 saturated carbocycles. The number of aliphatic carboxylic acids is 2. The van der Waals surface area contributed by atoms with Crippen LogP contribution in [-0.4, -0.2) is 22.2 Å². The summed E-state index contributed by atoms with van der Waals surface area (Å²) in [6.45, 7) is 9.23. The summed E-state index contributed by atoms with van der Waals surface area (Å²) in [7, 11) is 0. The molecule has 0 aliphatic carbocycles. The largest absolute Gasteiger partial charge is 0.481 e. The minimum Gasteiger partial charge on any atom is -0.481 e. The molecule has 0 aromatic heterocycles. The number of unbranched alkanes of at least 4 members (excludes halogenated alkanes) is 20. The van der Waals surface area contributed by atoms with Crippen molar-refractivity contribution in [1.82, 2.24) is 0 Å². The molecular weight excluding hydrogens is 520 g/mol. The van der Waals surface area contributed by atoms with Crippen molar-refractivity contribution in [2.75, 3.05) is 0 Å². The van der Waals surface area contributed by atoms with E-state index in [4.69, 9.17) is 5.11 Å². The van der Waals surface area contributed by atoms with Crippen molar-refractivity contribution >= 4 is 11.9 Å². The Morgan fingerprint density at radius 1 is 0.429 bits per heavy atom. The van der Waals surface area contributed by atoms with Crippen molar-refractivity contribution in [2.45, 2.75) is 214 Å². The first-order valence-electron chi connectivity index (χ1n) is 18.6. The fraction of sp³-hybridized carbons (Fsp3) is 0.947. The van der Waals surface area contributed by atoms with Crippen LogP contribution < -0.4 is 0 Å². The van der Waals surface area contributed by atoms with Gasteiger partial charge in [0.05, 0.1) is 5.41 Å². The highest BCUT2D eigenvalue weighted by molar-refractivity contribution is 5.74. The molecule has 0 unspecified atom stereocenters. The third-order valence-electron chi connectivity index (χ3n) is 9.37. The van der Waals surface area contributed by atoms with E-state index < -0.39 is 17.4 Å². The zero-order valence-electron chi connectivity index (χ0n) is 28.9. The van der Waals surface area contributed by atoms with E-state index in [0.29, 0.717) is 12.8 Å². The highest BCUT2D eigenvalue weighted by atomic mass is 16.4. The average Bonchev–Trinajstić information content (AvgIpc) is 2.92. The number of rotatable bonds is 33. The lowest BCUT2D eigenvalue weighted by Crippen LogP contribution is -2.31. The summed E-state index contributed by atoms with van der Waals surface area (Å²) in [6.07, 6.45) is 33.1. The quantitative estimate of drug-likeness (QED) is 0.0741. The maximum atomic E-state index is 12.6. The second-order valence-electron chi connectivity index (χ2n) is 14.5. The van der Waals surface area contributed by atoms with Gasteiger partial charge in [0, 0.05) is 6.42 Å². The van der Waals surface area contributed by atoms with Crippen LogP contribution in [0, 0.1) is 17.3 Å². The van der Waals surface area contributed by atoms with Gasteiger partial charge in [0.1, 0.15) is 0 Å². The molecule has 0 spiro atoms. The zero-order chi connectivity index (χ0) is 31.3. The van der Waals surface area contributed by atoms with Crippen LogP contribution in [0.1, 0.15) is 214 Å². The SMILES string of the molecule is CC(C)CCCCCCCCCCCCC(CCCCCCCCCCCCC(C)C)(CCCCCC(=O)O)C(=O)O. The van der Waals surface area contributed by atoms with Gasteiger partial charge >= 0.3 is 11.9 Å². The van der Waals surface area contributed by atoms with Gasteiger partial charge in [-0.1, -0.05) is 182 Å². The van der Waals surface area contributed by atoms with E-state index in [1.54, 1.807) is 0 Å². The third kappa shape index (κ3) is 26.6. The van der Waals surface area contributed by atoms with E-state index >= 15 is 0 Å². The molecule has 4 heteroatoms. The first kappa shape index (κ1) is 40.9. The lowest BCUT2D eigenvalue weighted by atomic mass is 9.74. The van der Waals surface area contributed by atoms with Gasteiger partial charge in [-0.05, 0) is 37.5 Å². The first-order valence-corrected chi connectivity index (χ1v) is 18.6. The summed E-state index contributed by atoms with van der Waals surface area (Å²) in [4.78, 5) is 23.5. The normalized spacial score (nSPS) is 12.0. The molecule has 0 amide bonds. The van der Waals surface area contributed by atoms with E-state index in [1.807, 2.05) is 0 Å². The number of carboxylic acids is 2. The second-order valence-corrected chi connectivity index (χ2v) is 14.5. The van der Waals surface area contributed by atoms with Crippen molar-refractivity contribution < 1.29 is 19.8 Å². The van der Waals surface area contributed by atoms with Gasteiger partial charge < -0.3 is 10.2 Å². The predicted molar refractivity (Wildman–Crippen MR) is 181 cm³/mol. The molecule has 0 saturated heterocycles. The maximum absolute atomic E-state index is 12.6. The Hall–Kier alpha value is -1.06. The van der Waals surface area contributed by atoms with Crippen LogP contribution in [0.5, 0.6) is 0 Å². The highest BCUT2D eigenvalue weighted by Gasteiger charge is 2.36. The van der Waals surface area contributed by atoms with Gasteiger partial charge in [-0.25, -0.2) is 0 Å². The molecule has 0 aliphatic heterocycles. The number of carboxylic acid groups (broad SMARTS) is 2. The zero-order valence-corrected chi connectivity index (χ0v) is 28.9. The van der Waals surface area contributed by atoms with E-state index in [-0.39, 0.29) is 6.42 Å². The average molecular weight is 595 g/mol. The first-order chi connectivity index (χ1) is 20.2. The van der Waals surface area contributed by atoms with Gasteiger partial charge in [-0.3, -0.25) is 9.59 Å². The highest BCUT2D eigenvalue weighted by Crippen LogP contribution is 2.38. The van der Waals surface area contributed by atoms with Gasteiger partial charge in [-0.2, -0.15) is 0 Å². The molecule has 0 bridgehead atoms. The molecule has 0 fully saturated rings. The fourth-order valence-corrected chi connectivity index (χ4v) is 6.47. The van der Waals surface area contributed by atoms with Crippen LogP contribution in [0.4, 0.5) is 0 Å². The van der Waals surface area contributed by atoms with Crippen molar-refractivity contribution in [3.8, 4) is 0 Å². The second kappa shape index (κ2) is 28.7. The standard InChI is InChI=1S/C38H74O4/c1-34(2)28-22-17-13-9-5-7-11-15-19-25-31-38(37(41)42,33-27-21-24-30-36(39)40)32-26-20-16-12-8-6-10-14-18-23-29-35(3)4/h34-35H,5-33H2,1-4H3,(H,39,40)(H,41,42). The monoisotopic (exact) mass is 595 g/mol. The molecule has 0 rings (SSSR count). The Labute approximate surface area is 262 Å². The third-order valence-corrected chi connectivity index (χ3v) is 9.37. The predicted octanol–water partition coefficient (Wildman–Crippen LogP) is 12.8. The molecule has 0 radical (unpaired) electrons. The minimum atomic E-state index is -0.753. The minimum absolute atomic E-state index is 0.190. The Morgan fingerprint density at radius 3 is 0.952 bits per heavy atom. The maximum Gasteiger partial charge on any atom is 0.309 e. The number of hydrogen-bond donors (Lipinski definition) is 2. The molecule has 0 aliphatic rings. The fourth-order valence-electron chi connectivity index (χ4n) is 6.47. The topological polar surface area (TPSA) is 74.6 Å². The Morgan fingerprint density at radius 2 is 0.690 bits per heavy atom. The van der Waals surface area contributed by atoms with E-state index in [9.17, 15) is 14.7 Å². The molecule has 4 nitrogen and oxygen atoms in total. The Balaban J connectivity index is 4.29. The van der Waals surface area contributed by atoms with Crippen LogP contribution >= 0.6 is 0 Å². The lowest BCUT2D eigenvalue weighted by molar-refractivity contribution is -0.151. The van der Waals surface area contributed by atoms with Gasteiger partial charge in [0.25, 0.3) is 0 Å². The Kier molecular flexibility index (Phi) is 28.0. The van der Waals surface area contributed by atoms with E-state index in [2.05, 4.69) is 27.7 Å². The lowest BCUT2D eigenvalue weighted by Gasteiger charge is -2.30. The molecule has 42 heavy (non-hydrogen) atoms. The summed E-state index contributed by atoms with van der Waals surface area (Å²) in [5.74, 6) is 0.291.